The van der Waals surface area contributed by atoms with Gasteiger partial charge in [-0.2, -0.15) is 5.10 Å². The number of hydrazine groups is 1. The lowest BCUT2D eigenvalue weighted by molar-refractivity contribution is -0.120. The van der Waals surface area contributed by atoms with Gasteiger partial charge in [0.2, 0.25) is 5.91 Å². The van der Waals surface area contributed by atoms with Gasteiger partial charge in [-0.25, -0.2) is 10.8 Å². The van der Waals surface area contributed by atoms with Crippen LogP contribution >= 0.6 is 0 Å². The minimum Gasteiger partial charge on any atom is -0.294 e. The van der Waals surface area contributed by atoms with Crippen molar-refractivity contribution in [3.63, 3.8) is 0 Å². The molecule has 2 rings (SSSR count). The van der Waals surface area contributed by atoms with Crippen LogP contribution in [0.15, 0.2) is 30.3 Å². The predicted molar refractivity (Wildman–Crippen MR) is 61.7 cm³/mol. The molecule has 0 saturated carbocycles. The van der Waals surface area contributed by atoms with Crippen LogP contribution in [0.4, 0.5) is 0 Å². The van der Waals surface area contributed by atoms with Gasteiger partial charge in [-0.15, -0.1) is 0 Å². The fourth-order valence-electron chi connectivity index (χ4n) is 1.48. The number of carbonyl (C=O) groups is 1. The van der Waals surface area contributed by atoms with E-state index in [1.165, 1.54) is 0 Å². The van der Waals surface area contributed by atoms with Gasteiger partial charge >= 0.3 is 0 Å². The summed E-state index contributed by atoms with van der Waals surface area (Å²) >= 11 is 0. The number of carbonyl (C=O) groups excluding carboxylic acids is 1. The minimum atomic E-state index is -0.310. The number of hydrogen-bond acceptors (Lipinski definition) is 4. The molecule has 1 aromatic carbocycles. The molecule has 0 spiro atoms. The molecule has 88 valence electrons. The topological polar surface area (TPSA) is 96.7 Å². The largest absolute Gasteiger partial charge is 0.294 e. The molecule has 0 saturated heterocycles. The number of hydrogen-bond donors (Lipinski definition) is 3. The number of H-pyrrole nitrogens is 1. The van der Waals surface area contributed by atoms with Crippen molar-refractivity contribution in [3.05, 3.63) is 47.5 Å². The van der Waals surface area contributed by atoms with Crippen LogP contribution in [0.1, 0.15) is 17.2 Å². The summed E-state index contributed by atoms with van der Waals surface area (Å²) in [5.74, 6) is 5.85. The van der Waals surface area contributed by atoms with Crippen LogP contribution in [0.3, 0.4) is 0 Å². The Morgan fingerprint density at radius 3 is 2.82 bits per heavy atom. The van der Waals surface area contributed by atoms with Crippen molar-refractivity contribution in [1.29, 1.82) is 0 Å². The van der Waals surface area contributed by atoms with Crippen molar-refractivity contribution in [2.24, 2.45) is 5.84 Å². The van der Waals surface area contributed by atoms with E-state index in [1.54, 1.807) is 0 Å². The minimum absolute atomic E-state index is 0.0851. The Kier molecular flexibility index (Phi) is 3.46. The fourth-order valence-corrected chi connectivity index (χ4v) is 1.48. The molecular weight excluding hydrogens is 218 g/mol. The number of nitrogens with one attached hydrogen (secondary N) is 2. The van der Waals surface area contributed by atoms with E-state index in [0.29, 0.717) is 12.2 Å². The van der Waals surface area contributed by atoms with E-state index in [2.05, 4.69) is 15.2 Å². The summed E-state index contributed by atoms with van der Waals surface area (Å²) < 4.78 is 0. The Balaban J connectivity index is 2.01. The lowest BCUT2D eigenvalue weighted by atomic mass is 10.1. The van der Waals surface area contributed by atoms with E-state index in [9.17, 15) is 4.79 Å². The van der Waals surface area contributed by atoms with E-state index < -0.39 is 0 Å². The smallest absolute Gasteiger partial charge is 0.241 e. The molecule has 0 unspecified atom stereocenters. The first-order valence-electron chi connectivity index (χ1n) is 5.21. The van der Waals surface area contributed by atoms with Gasteiger partial charge in [0.1, 0.15) is 5.82 Å². The maximum Gasteiger partial charge on any atom is 0.241 e. The van der Waals surface area contributed by atoms with E-state index in [-0.39, 0.29) is 12.3 Å². The Hall–Kier alpha value is -2.21. The summed E-state index contributed by atoms with van der Waals surface area (Å²) in [6.45, 7) is 0. The first kappa shape index (κ1) is 11.3. The van der Waals surface area contributed by atoms with Gasteiger partial charge < -0.3 is 0 Å². The second-order valence-electron chi connectivity index (χ2n) is 3.60. The number of nitrogens with two attached hydrogens (primary N) is 1. The third kappa shape index (κ3) is 3.12. The maximum absolute atomic E-state index is 11.0. The highest BCUT2D eigenvalue weighted by Gasteiger charge is 2.07. The van der Waals surface area contributed by atoms with Gasteiger partial charge in [0, 0.05) is 6.42 Å². The number of nitrogens with zero attached hydrogens (tertiary/aromatic N) is 2. The molecule has 6 heteroatoms. The molecule has 1 heterocycles. The molecule has 1 amide bonds. The normalized spacial score (nSPS) is 10.2. The van der Waals surface area contributed by atoms with Gasteiger partial charge in [0.25, 0.3) is 0 Å². The van der Waals surface area contributed by atoms with Crippen molar-refractivity contribution in [3.8, 4) is 0 Å². The number of aromatic amines is 1. The van der Waals surface area contributed by atoms with Crippen LogP contribution in [-0.4, -0.2) is 21.1 Å². The summed E-state index contributed by atoms with van der Waals surface area (Å²) in [4.78, 5) is 15.2. The molecule has 1 aromatic heterocycles. The van der Waals surface area contributed by atoms with E-state index >= 15 is 0 Å². The van der Waals surface area contributed by atoms with Gasteiger partial charge in [0.15, 0.2) is 5.82 Å². The van der Waals surface area contributed by atoms with E-state index in [1.807, 2.05) is 35.8 Å². The summed E-state index contributed by atoms with van der Waals surface area (Å²) in [7, 11) is 0. The summed E-state index contributed by atoms with van der Waals surface area (Å²) in [6, 6.07) is 9.91. The summed E-state index contributed by atoms with van der Waals surface area (Å²) in [6.07, 6.45) is 0.750. The van der Waals surface area contributed by atoms with Gasteiger partial charge in [-0.05, 0) is 5.56 Å². The third-order valence-corrected chi connectivity index (χ3v) is 2.27. The first-order chi connectivity index (χ1) is 8.28. The fraction of sp³-hybridized carbons (Fsp3) is 0.182. The molecule has 0 bridgehead atoms. The Morgan fingerprint density at radius 2 is 2.12 bits per heavy atom. The lowest BCUT2D eigenvalue weighted by Crippen LogP contribution is -2.31. The van der Waals surface area contributed by atoms with Crippen molar-refractivity contribution >= 4 is 5.91 Å². The van der Waals surface area contributed by atoms with Gasteiger partial charge in [-0.1, -0.05) is 30.3 Å². The van der Waals surface area contributed by atoms with Gasteiger partial charge in [0.05, 0.1) is 6.42 Å². The van der Waals surface area contributed by atoms with Crippen molar-refractivity contribution in [2.75, 3.05) is 0 Å². The van der Waals surface area contributed by atoms with Crippen molar-refractivity contribution < 1.29 is 4.79 Å². The molecule has 0 radical (unpaired) electrons. The molecule has 6 nitrogen and oxygen atoms in total. The second kappa shape index (κ2) is 5.22. The average molecular weight is 231 g/mol. The molecule has 0 fully saturated rings. The number of aromatic nitrogens is 3. The lowest BCUT2D eigenvalue weighted by Gasteiger charge is -1.95. The van der Waals surface area contributed by atoms with Crippen LogP contribution in [0.5, 0.6) is 0 Å². The predicted octanol–water partition coefficient (Wildman–Crippen LogP) is -0.0721. The Morgan fingerprint density at radius 1 is 1.35 bits per heavy atom. The number of benzene rings is 1. The molecule has 2 aromatic rings. The highest BCUT2D eigenvalue weighted by atomic mass is 16.2. The summed E-state index contributed by atoms with van der Waals surface area (Å²) in [5, 5.41) is 6.75. The van der Waals surface area contributed by atoms with Crippen LogP contribution in [0.2, 0.25) is 0 Å². The quantitative estimate of drug-likeness (QED) is 0.390. The zero-order valence-corrected chi connectivity index (χ0v) is 9.18. The van der Waals surface area contributed by atoms with Crippen LogP contribution in [0, 0.1) is 0 Å². The monoisotopic (exact) mass is 231 g/mol. The third-order valence-electron chi connectivity index (χ3n) is 2.27. The highest BCUT2D eigenvalue weighted by Crippen LogP contribution is 2.05. The zero-order valence-electron chi connectivity index (χ0n) is 9.18. The molecule has 0 aliphatic rings. The molecule has 17 heavy (non-hydrogen) atoms. The maximum atomic E-state index is 11.0. The Bertz CT molecular complexity index is 494. The summed E-state index contributed by atoms with van der Waals surface area (Å²) in [5.41, 5.74) is 3.18. The van der Waals surface area contributed by atoms with Crippen molar-refractivity contribution in [1.82, 2.24) is 20.6 Å². The van der Waals surface area contributed by atoms with Crippen LogP contribution in [0.25, 0.3) is 0 Å². The molecule has 4 N–H and O–H groups in total. The van der Waals surface area contributed by atoms with Crippen LogP contribution < -0.4 is 11.3 Å². The average Bonchev–Trinajstić information content (AvgIpc) is 2.77. The van der Waals surface area contributed by atoms with E-state index in [0.717, 1.165) is 11.4 Å². The van der Waals surface area contributed by atoms with Crippen molar-refractivity contribution in [2.45, 2.75) is 12.8 Å². The standard InChI is InChI=1S/C11H13N5O/c12-14-11(17)7-10-13-9(15-16-10)6-8-4-2-1-3-5-8/h1-5H,6-7,12H2,(H,14,17)(H,13,15,16). The molecule has 0 aliphatic carbocycles. The second-order valence-corrected chi connectivity index (χ2v) is 3.60. The number of amides is 1. The Labute approximate surface area is 98.2 Å². The first-order valence-corrected chi connectivity index (χ1v) is 5.21. The zero-order chi connectivity index (χ0) is 12.1. The molecular formula is C11H13N5O. The van der Waals surface area contributed by atoms with E-state index in [4.69, 9.17) is 5.84 Å². The van der Waals surface area contributed by atoms with Crippen LogP contribution in [-0.2, 0) is 17.6 Å². The molecule has 0 aliphatic heterocycles. The number of rotatable bonds is 4. The van der Waals surface area contributed by atoms with Gasteiger partial charge in [-0.3, -0.25) is 15.3 Å². The highest BCUT2D eigenvalue weighted by molar-refractivity contribution is 5.76. The molecule has 0 atom stereocenters. The SMILES string of the molecule is NNC(=O)Cc1n[nH]c(Cc2ccccc2)n1.